The molecular weight excluding hydrogens is 340 g/mol. The van der Waals surface area contributed by atoms with Crippen LogP contribution in [0, 0.1) is 10.1 Å². The van der Waals surface area contributed by atoms with E-state index in [1.54, 1.807) is 12.1 Å². The average molecular weight is 358 g/mol. The molecule has 0 bridgehead atoms. The van der Waals surface area contributed by atoms with E-state index in [0.29, 0.717) is 5.69 Å². The van der Waals surface area contributed by atoms with Gasteiger partial charge in [-0.3, -0.25) is 14.9 Å². The number of carbonyl (C=O) groups excluding carboxylic acids is 2. The molecule has 2 rings (SSSR count). The molecule has 2 aromatic rings. The molecule has 0 aliphatic heterocycles. The predicted octanol–water partition coefficient (Wildman–Crippen LogP) is 2.72. The smallest absolute Gasteiger partial charge is 0.344 e. The van der Waals surface area contributed by atoms with Crippen LogP contribution in [-0.4, -0.2) is 30.0 Å². The minimum absolute atomic E-state index is 0.0460. The van der Waals surface area contributed by atoms with Crippen molar-refractivity contribution in [3.8, 4) is 5.75 Å². The molecule has 1 amide bonds. The van der Waals surface area contributed by atoms with Gasteiger partial charge in [0.2, 0.25) is 0 Å². The van der Waals surface area contributed by atoms with E-state index in [1.165, 1.54) is 18.2 Å². The molecule has 0 aromatic heterocycles. The highest BCUT2D eigenvalue weighted by molar-refractivity contribution is 5.92. The van der Waals surface area contributed by atoms with Crippen LogP contribution in [0.15, 0.2) is 48.5 Å². The zero-order chi connectivity index (χ0) is 18.9. The number of esters is 1. The first-order valence-corrected chi connectivity index (χ1v) is 7.90. The second-order valence-electron chi connectivity index (χ2n) is 5.28. The molecule has 0 unspecified atom stereocenters. The summed E-state index contributed by atoms with van der Waals surface area (Å²) in [5.41, 5.74) is 1.42. The molecule has 0 saturated heterocycles. The van der Waals surface area contributed by atoms with E-state index in [-0.39, 0.29) is 11.4 Å². The van der Waals surface area contributed by atoms with Gasteiger partial charge in [-0.15, -0.1) is 0 Å². The normalized spacial score (nSPS) is 10.0. The predicted molar refractivity (Wildman–Crippen MR) is 94.0 cm³/mol. The van der Waals surface area contributed by atoms with E-state index in [9.17, 15) is 19.7 Å². The maximum absolute atomic E-state index is 11.8. The third kappa shape index (κ3) is 5.59. The fourth-order valence-electron chi connectivity index (χ4n) is 2.12. The maximum Gasteiger partial charge on any atom is 0.344 e. The monoisotopic (exact) mass is 358 g/mol. The van der Waals surface area contributed by atoms with Crippen molar-refractivity contribution in [1.29, 1.82) is 0 Å². The zero-order valence-corrected chi connectivity index (χ0v) is 14.1. The summed E-state index contributed by atoms with van der Waals surface area (Å²) in [6, 6.07) is 13.0. The average Bonchev–Trinajstić information content (AvgIpc) is 2.65. The van der Waals surface area contributed by atoms with Crippen molar-refractivity contribution in [2.24, 2.45) is 0 Å². The number of nitro groups is 1. The SMILES string of the molecule is CCc1cccc(NC(=O)COC(=O)COc2ccccc2[N+](=O)[O-])c1. The molecule has 2 aromatic carbocycles. The highest BCUT2D eigenvalue weighted by Crippen LogP contribution is 2.25. The number of benzene rings is 2. The lowest BCUT2D eigenvalue weighted by atomic mass is 10.1. The lowest BCUT2D eigenvalue weighted by Crippen LogP contribution is -2.23. The van der Waals surface area contributed by atoms with Crippen LogP contribution >= 0.6 is 0 Å². The van der Waals surface area contributed by atoms with Gasteiger partial charge < -0.3 is 14.8 Å². The van der Waals surface area contributed by atoms with Gasteiger partial charge in [-0.1, -0.05) is 31.2 Å². The van der Waals surface area contributed by atoms with Crippen LogP contribution in [0.5, 0.6) is 5.75 Å². The summed E-state index contributed by atoms with van der Waals surface area (Å²) in [7, 11) is 0. The molecule has 0 radical (unpaired) electrons. The Balaban J connectivity index is 1.79. The fourth-order valence-corrected chi connectivity index (χ4v) is 2.12. The highest BCUT2D eigenvalue weighted by atomic mass is 16.6. The lowest BCUT2D eigenvalue weighted by molar-refractivity contribution is -0.385. The van der Waals surface area contributed by atoms with Gasteiger partial charge in [0, 0.05) is 11.8 Å². The zero-order valence-electron chi connectivity index (χ0n) is 14.1. The fraction of sp³-hybridized carbons (Fsp3) is 0.222. The second-order valence-corrected chi connectivity index (χ2v) is 5.28. The van der Waals surface area contributed by atoms with E-state index in [2.05, 4.69) is 5.32 Å². The van der Waals surface area contributed by atoms with E-state index in [1.807, 2.05) is 25.1 Å². The number of para-hydroxylation sites is 2. The van der Waals surface area contributed by atoms with E-state index >= 15 is 0 Å². The highest BCUT2D eigenvalue weighted by Gasteiger charge is 2.16. The summed E-state index contributed by atoms with van der Waals surface area (Å²) >= 11 is 0. The number of anilines is 1. The third-order valence-electron chi connectivity index (χ3n) is 3.39. The van der Waals surface area contributed by atoms with Gasteiger partial charge in [0.25, 0.3) is 5.91 Å². The standard InChI is InChI=1S/C18H18N2O6/c1-2-13-6-5-7-14(10-13)19-17(21)11-26-18(22)12-25-16-9-4-3-8-15(16)20(23)24/h3-10H,2,11-12H2,1H3,(H,19,21). The van der Waals surface area contributed by atoms with E-state index in [4.69, 9.17) is 9.47 Å². The number of nitrogens with one attached hydrogen (secondary N) is 1. The van der Waals surface area contributed by atoms with Crippen molar-refractivity contribution in [1.82, 2.24) is 0 Å². The first-order valence-electron chi connectivity index (χ1n) is 7.90. The summed E-state index contributed by atoms with van der Waals surface area (Å²) in [6.07, 6.45) is 0.835. The van der Waals surface area contributed by atoms with Crippen molar-refractivity contribution >= 4 is 23.3 Å². The number of hydrogen-bond acceptors (Lipinski definition) is 6. The Morgan fingerprint density at radius 2 is 1.88 bits per heavy atom. The van der Waals surface area contributed by atoms with Crippen LogP contribution in [0.3, 0.4) is 0 Å². The first-order chi connectivity index (χ1) is 12.5. The first kappa shape index (κ1) is 18.9. The molecule has 0 saturated carbocycles. The Morgan fingerprint density at radius 1 is 1.12 bits per heavy atom. The van der Waals surface area contributed by atoms with Gasteiger partial charge in [-0.05, 0) is 30.2 Å². The summed E-state index contributed by atoms with van der Waals surface area (Å²) in [4.78, 5) is 33.7. The molecule has 0 aliphatic rings. The Kier molecular flexibility index (Phi) is 6.67. The van der Waals surface area contributed by atoms with Crippen molar-refractivity contribution in [3.63, 3.8) is 0 Å². The number of hydrogen-bond donors (Lipinski definition) is 1. The summed E-state index contributed by atoms with van der Waals surface area (Å²) < 4.78 is 9.90. The molecule has 136 valence electrons. The number of rotatable bonds is 8. The number of ether oxygens (including phenoxy) is 2. The Hall–Kier alpha value is -3.42. The van der Waals surface area contributed by atoms with Crippen molar-refractivity contribution in [2.75, 3.05) is 18.5 Å². The molecule has 1 N–H and O–H groups in total. The molecule has 8 heteroatoms. The van der Waals surface area contributed by atoms with Crippen LogP contribution < -0.4 is 10.1 Å². The summed E-state index contributed by atoms with van der Waals surface area (Å²) in [6.45, 7) is 0.985. The third-order valence-corrected chi connectivity index (χ3v) is 3.39. The molecule has 0 aliphatic carbocycles. The largest absolute Gasteiger partial charge is 0.475 e. The van der Waals surface area contributed by atoms with Crippen molar-refractivity contribution in [2.45, 2.75) is 13.3 Å². The number of nitro benzene ring substituents is 1. The Morgan fingerprint density at radius 3 is 2.62 bits per heavy atom. The second kappa shape index (κ2) is 9.16. The van der Waals surface area contributed by atoms with E-state index in [0.717, 1.165) is 12.0 Å². The Labute approximate surface area is 149 Å². The molecule has 0 spiro atoms. The number of carbonyl (C=O) groups is 2. The van der Waals surface area contributed by atoms with Crippen molar-refractivity contribution in [3.05, 3.63) is 64.2 Å². The minimum atomic E-state index is -0.805. The van der Waals surface area contributed by atoms with Gasteiger partial charge in [0.15, 0.2) is 19.0 Å². The molecule has 0 fully saturated rings. The summed E-state index contributed by atoms with van der Waals surface area (Å²) in [5, 5.41) is 13.5. The van der Waals surface area contributed by atoms with Crippen molar-refractivity contribution < 1.29 is 24.0 Å². The minimum Gasteiger partial charge on any atom is -0.475 e. The molecule has 8 nitrogen and oxygen atoms in total. The number of nitrogens with zero attached hydrogens (tertiary/aromatic N) is 1. The van der Waals surface area contributed by atoms with Crippen LogP contribution in [0.4, 0.5) is 11.4 Å². The lowest BCUT2D eigenvalue weighted by Gasteiger charge is -2.08. The van der Waals surface area contributed by atoms with Crippen LogP contribution in [0.1, 0.15) is 12.5 Å². The summed E-state index contributed by atoms with van der Waals surface area (Å²) in [5.74, 6) is -1.34. The van der Waals surface area contributed by atoms with Crippen LogP contribution in [0.25, 0.3) is 0 Å². The van der Waals surface area contributed by atoms with Gasteiger partial charge in [0.05, 0.1) is 4.92 Å². The van der Waals surface area contributed by atoms with Gasteiger partial charge in [-0.25, -0.2) is 4.79 Å². The molecule has 0 heterocycles. The quantitative estimate of drug-likeness (QED) is 0.442. The van der Waals surface area contributed by atoms with Gasteiger partial charge in [-0.2, -0.15) is 0 Å². The molecule has 26 heavy (non-hydrogen) atoms. The number of amides is 1. The molecular formula is C18H18N2O6. The maximum atomic E-state index is 11.8. The van der Waals surface area contributed by atoms with Gasteiger partial charge >= 0.3 is 11.7 Å². The number of aryl methyl sites for hydroxylation is 1. The van der Waals surface area contributed by atoms with E-state index < -0.39 is 30.0 Å². The van der Waals surface area contributed by atoms with Crippen LogP contribution in [0.2, 0.25) is 0 Å². The van der Waals surface area contributed by atoms with Gasteiger partial charge in [0.1, 0.15) is 0 Å². The van der Waals surface area contributed by atoms with Crippen LogP contribution in [-0.2, 0) is 20.7 Å². The Bertz CT molecular complexity index is 806. The topological polar surface area (TPSA) is 108 Å². The molecule has 0 atom stereocenters.